The first-order chi connectivity index (χ1) is 7.71. The third-order valence-corrected chi connectivity index (χ3v) is 3.85. The molecule has 0 fully saturated rings. The van der Waals surface area contributed by atoms with Crippen LogP contribution < -0.4 is 0 Å². The predicted octanol–water partition coefficient (Wildman–Crippen LogP) is 4.41. The van der Waals surface area contributed by atoms with Crippen LogP contribution in [0.25, 0.3) is 0 Å². The summed E-state index contributed by atoms with van der Waals surface area (Å²) in [4.78, 5) is 0. The number of benzene rings is 1. The molecule has 1 aromatic carbocycles. The molecule has 0 heterocycles. The number of aryl methyl sites for hydroxylation is 2. The van der Waals surface area contributed by atoms with E-state index in [1.54, 1.807) is 0 Å². The lowest BCUT2D eigenvalue weighted by Gasteiger charge is -2.29. The van der Waals surface area contributed by atoms with E-state index in [4.69, 9.17) is 0 Å². The molecule has 0 aliphatic heterocycles. The first kappa shape index (κ1) is 14.2. The fraction of sp³-hybridized carbons (Fsp3) is 0.625. The van der Waals surface area contributed by atoms with Gasteiger partial charge in [-0.1, -0.05) is 51.5 Å². The SMILES string of the molecule is Cc1ccc(C)c(C(O)CC(C)C(C)(C)C)c1. The van der Waals surface area contributed by atoms with Crippen LogP contribution in [0, 0.1) is 25.2 Å². The predicted molar refractivity (Wildman–Crippen MR) is 74.1 cm³/mol. The van der Waals surface area contributed by atoms with Gasteiger partial charge in [0.25, 0.3) is 0 Å². The summed E-state index contributed by atoms with van der Waals surface area (Å²) in [6.45, 7) is 13.0. The maximum absolute atomic E-state index is 10.4. The van der Waals surface area contributed by atoms with E-state index < -0.39 is 0 Å². The Morgan fingerprint density at radius 1 is 1.18 bits per heavy atom. The molecule has 1 heteroatoms. The summed E-state index contributed by atoms with van der Waals surface area (Å²) in [5.41, 5.74) is 3.73. The highest BCUT2D eigenvalue weighted by Gasteiger charge is 2.23. The van der Waals surface area contributed by atoms with Crippen molar-refractivity contribution in [2.24, 2.45) is 11.3 Å². The quantitative estimate of drug-likeness (QED) is 0.821. The summed E-state index contributed by atoms with van der Waals surface area (Å²) in [7, 11) is 0. The Hall–Kier alpha value is -0.820. The molecule has 2 unspecified atom stereocenters. The van der Waals surface area contributed by atoms with Crippen molar-refractivity contribution in [1.29, 1.82) is 0 Å². The molecule has 0 saturated heterocycles. The van der Waals surface area contributed by atoms with E-state index in [9.17, 15) is 5.11 Å². The van der Waals surface area contributed by atoms with Crippen molar-refractivity contribution in [3.8, 4) is 0 Å². The maximum Gasteiger partial charge on any atom is 0.0795 e. The molecule has 0 aliphatic rings. The molecule has 1 nitrogen and oxygen atoms in total. The molecular formula is C16H26O. The van der Waals surface area contributed by atoms with Gasteiger partial charge < -0.3 is 5.11 Å². The molecule has 1 aromatic rings. The van der Waals surface area contributed by atoms with Crippen LogP contribution in [0.1, 0.15) is 56.9 Å². The zero-order chi connectivity index (χ0) is 13.2. The monoisotopic (exact) mass is 234 g/mol. The van der Waals surface area contributed by atoms with Gasteiger partial charge in [-0.3, -0.25) is 0 Å². The Balaban J connectivity index is 2.83. The summed E-state index contributed by atoms with van der Waals surface area (Å²) >= 11 is 0. The minimum Gasteiger partial charge on any atom is -0.388 e. The fourth-order valence-electron chi connectivity index (χ4n) is 1.93. The van der Waals surface area contributed by atoms with Gasteiger partial charge in [-0.15, -0.1) is 0 Å². The van der Waals surface area contributed by atoms with Crippen molar-refractivity contribution in [2.75, 3.05) is 0 Å². The van der Waals surface area contributed by atoms with Crippen molar-refractivity contribution < 1.29 is 5.11 Å². The first-order valence-electron chi connectivity index (χ1n) is 6.47. The van der Waals surface area contributed by atoms with E-state index in [2.05, 4.69) is 59.7 Å². The summed E-state index contributed by atoms with van der Waals surface area (Å²) in [5.74, 6) is 0.498. The number of rotatable bonds is 3. The van der Waals surface area contributed by atoms with E-state index in [0.29, 0.717) is 5.92 Å². The van der Waals surface area contributed by atoms with Crippen LogP contribution in [0.4, 0.5) is 0 Å². The molecular weight excluding hydrogens is 208 g/mol. The van der Waals surface area contributed by atoms with Crippen LogP contribution in [0.5, 0.6) is 0 Å². The zero-order valence-electron chi connectivity index (χ0n) is 12.0. The van der Waals surface area contributed by atoms with Crippen LogP contribution >= 0.6 is 0 Å². The standard InChI is InChI=1S/C16H26O/c1-11-7-8-12(2)14(9-11)15(17)10-13(3)16(4,5)6/h7-9,13,15,17H,10H2,1-6H3. The minimum atomic E-state index is -0.343. The van der Waals surface area contributed by atoms with E-state index in [1.165, 1.54) is 11.1 Å². The van der Waals surface area contributed by atoms with Crippen molar-refractivity contribution >= 4 is 0 Å². The van der Waals surface area contributed by atoms with Gasteiger partial charge in [0.15, 0.2) is 0 Å². The molecule has 17 heavy (non-hydrogen) atoms. The highest BCUT2D eigenvalue weighted by Crippen LogP contribution is 2.34. The third kappa shape index (κ3) is 3.85. The van der Waals surface area contributed by atoms with Gasteiger partial charge in [-0.05, 0) is 42.7 Å². The number of aliphatic hydroxyl groups excluding tert-OH is 1. The Morgan fingerprint density at radius 3 is 2.29 bits per heavy atom. The molecule has 0 aliphatic carbocycles. The second kappa shape index (κ2) is 5.22. The van der Waals surface area contributed by atoms with Gasteiger partial charge in [-0.2, -0.15) is 0 Å². The summed E-state index contributed by atoms with van der Waals surface area (Å²) in [5, 5.41) is 10.4. The molecule has 0 aromatic heterocycles. The highest BCUT2D eigenvalue weighted by molar-refractivity contribution is 5.32. The van der Waals surface area contributed by atoms with Gasteiger partial charge in [0.05, 0.1) is 6.10 Å². The molecule has 96 valence electrons. The highest BCUT2D eigenvalue weighted by atomic mass is 16.3. The van der Waals surface area contributed by atoms with Gasteiger partial charge >= 0.3 is 0 Å². The number of hydrogen-bond acceptors (Lipinski definition) is 1. The maximum atomic E-state index is 10.4. The Labute approximate surface area is 106 Å². The van der Waals surface area contributed by atoms with E-state index >= 15 is 0 Å². The van der Waals surface area contributed by atoms with E-state index in [-0.39, 0.29) is 11.5 Å². The van der Waals surface area contributed by atoms with Crippen LogP contribution in [0.2, 0.25) is 0 Å². The van der Waals surface area contributed by atoms with E-state index in [0.717, 1.165) is 12.0 Å². The van der Waals surface area contributed by atoms with Gasteiger partial charge in [0.1, 0.15) is 0 Å². The minimum absolute atomic E-state index is 0.249. The lowest BCUT2D eigenvalue weighted by atomic mass is 9.78. The van der Waals surface area contributed by atoms with Crippen LogP contribution in [0.3, 0.4) is 0 Å². The average molecular weight is 234 g/mol. The zero-order valence-corrected chi connectivity index (χ0v) is 12.0. The van der Waals surface area contributed by atoms with Crippen LogP contribution in [0.15, 0.2) is 18.2 Å². The largest absolute Gasteiger partial charge is 0.388 e. The summed E-state index contributed by atoms with van der Waals surface area (Å²) in [6.07, 6.45) is 0.484. The number of hydrogen-bond donors (Lipinski definition) is 1. The Bertz CT molecular complexity index is 374. The molecule has 2 atom stereocenters. The smallest absolute Gasteiger partial charge is 0.0795 e. The molecule has 0 saturated carbocycles. The lowest BCUT2D eigenvalue weighted by molar-refractivity contribution is 0.110. The van der Waals surface area contributed by atoms with E-state index in [1.807, 2.05) is 0 Å². The Kier molecular flexibility index (Phi) is 4.37. The first-order valence-corrected chi connectivity index (χ1v) is 6.47. The molecule has 1 rings (SSSR count). The second-order valence-corrected chi connectivity index (χ2v) is 6.38. The second-order valence-electron chi connectivity index (χ2n) is 6.38. The van der Waals surface area contributed by atoms with Gasteiger partial charge in [0, 0.05) is 0 Å². The summed E-state index contributed by atoms with van der Waals surface area (Å²) < 4.78 is 0. The average Bonchev–Trinajstić information content (AvgIpc) is 2.20. The van der Waals surface area contributed by atoms with Crippen molar-refractivity contribution in [3.63, 3.8) is 0 Å². The topological polar surface area (TPSA) is 20.2 Å². The third-order valence-electron chi connectivity index (χ3n) is 3.85. The molecule has 1 N–H and O–H groups in total. The number of aliphatic hydroxyl groups is 1. The fourth-order valence-corrected chi connectivity index (χ4v) is 1.93. The molecule has 0 radical (unpaired) electrons. The summed E-state index contributed by atoms with van der Waals surface area (Å²) in [6, 6.07) is 6.30. The molecule has 0 amide bonds. The van der Waals surface area contributed by atoms with Crippen LogP contribution in [-0.2, 0) is 0 Å². The normalized spacial score (nSPS) is 15.7. The van der Waals surface area contributed by atoms with Gasteiger partial charge in [-0.25, -0.2) is 0 Å². The molecule has 0 bridgehead atoms. The van der Waals surface area contributed by atoms with Crippen LogP contribution in [-0.4, -0.2) is 5.11 Å². The Morgan fingerprint density at radius 2 is 1.76 bits per heavy atom. The van der Waals surface area contributed by atoms with Crippen molar-refractivity contribution in [3.05, 3.63) is 34.9 Å². The van der Waals surface area contributed by atoms with Gasteiger partial charge in [0.2, 0.25) is 0 Å². The van der Waals surface area contributed by atoms with Crippen molar-refractivity contribution in [1.82, 2.24) is 0 Å². The lowest BCUT2D eigenvalue weighted by Crippen LogP contribution is -2.20. The van der Waals surface area contributed by atoms with Crippen molar-refractivity contribution in [2.45, 2.75) is 54.1 Å². The molecule has 0 spiro atoms.